The molecule has 230 valence electrons. The summed E-state index contributed by atoms with van der Waals surface area (Å²) in [6.45, 7) is 3.94. The molecule has 1 aromatic carbocycles. The van der Waals surface area contributed by atoms with Gasteiger partial charge in [-0.3, -0.25) is 0 Å². The summed E-state index contributed by atoms with van der Waals surface area (Å²) >= 11 is -1.85. The van der Waals surface area contributed by atoms with Gasteiger partial charge in [0.1, 0.15) is 0 Å². The number of methoxy groups -OCH3 is 1. The summed E-state index contributed by atoms with van der Waals surface area (Å²) in [5, 5.41) is 4.90. The number of halogens is 4. The van der Waals surface area contributed by atoms with Crippen molar-refractivity contribution in [1.29, 1.82) is 0 Å². The first-order valence-corrected chi connectivity index (χ1v) is 15.5. The Bertz CT molecular complexity index is 1550. The molecule has 0 bridgehead atoms. The van der Waals surface area contributed by atoms with Gasteiger partial charge in [0, 0.05) is 0 Å². The molecule has 2 unspecified atom stereocenters. The van der Waals surface area contributed by atoms with Crippen LogP contribution in [0.25, 0.3) is 5.52 Å². The van der Waals surface area contributed by atoms with E-state index in [1.54, 1.807) is 42.6 Å². The Morgan fingerprint density at radius 2 is 2.02 bits per heavy atom. The molecule has 5 rings (SSSR count). The topological polar surface area (TPSA) is 79.3 Å². The Balaban J connectivity index is 1.34. The van der Waals surface area contributed by atoms with E-state index in [4.69, 9.17) is 9.47 Å². The van der Waals surface area contributed by atoms with E-state index in [2.05, 4.69) is 27.8 Å². The fraction of sp³-hybridized carbons (Fsp3) is 0.433. The summed E-state index contributed by atoms with van der Waals surface area (Å²) in [6.07, 6.45) is 1.06. The number of piperidine rings is 1. The van der Waals surface area contributed by atoms with Crippen molar-refractivity contribution in [3.63, 3.8) is 0 Å². The maximum absolute atomic E-state index is 14.7. The fourth-order valence-corrected chi connectivity index (χ4v) is 6.56. The number of hydrogen-bond acceptors (Lipinski definition) is 6. The van der Waals surface area contributed by atoms with Crippen LogP contribution in [0.2, 0.25) is 0 Å². The second-order valence-corrected chi connectivity index (χ2v) is 13.2. The van der Waals surface area contributed by atoms with Crippen molar-refractivity contribution in [3.8, 4) is 17.6 Å². The molecule has 2 aliphatic heterocycles. The third kappa shape index (κ3) is 7.39. The van der Waals surface area contributed by atoms with Gasteiger partial charge >= 0.3 is 224 Å². The van der Waals surface area contributed by atoms with Gasteiger partial charge in [0.15, 0.2) is 0 Å². The predicted octanol–water partition coefficient (Wildman–Crippen LogP) is 3.23. The Kier molecular flexibility index (Phi) is 9.13. The molecular weight excluding hydrogens is 633 g/mol. The van der Waals surface area contributed by atoms with Crippen molar-refractivity contribution in [3.05, 3.63) is 53.7 Å². The zero-order valence-corrected chi connectivity index (χ0v) is 25.7. The van der Waals surface area contributed by atoms with Gasteiger partial charge in [-0.25, -0.2) is 0 Å². The molecule has 0 saturated carbocycles. The number of amides is 1. The Morgan fingerprint density at radius 3 is 2.70 bits per heavy atom. The predicted molar refractivity (Wildman–Crippen MR) is 158 cm³/mol. The zero-order chi connectivity index (χ0) is 30.8. The average Bonchev–Trinajstić information content (AvgIpc) is 3.28. The van der Waals surface area contributed by atoms with Crippen LogP contribution >= 0.6 is 0 Å². The number of nitrogens with one attached hydrogen (secondary N) is 3. The van der Waals surface area contributed by atoms with Gasteiger partial charge < -0.3 is 4.74 Å². The van der Waals surface area contributed by atoms with Gasteiger partial charge in [-0.05, 0) is 6.92 Å². The minimum absolute atomic E-state index is 0.0739. The monoisotopic (exact) mass is 667 g/mol. The Morgan fingerprint density at radius 1 is 1.23 bits per heavy atom. The molecule has 1 amide bonds. The molecule has 8 nitrogen and oxygen atoms in total. The number of benzene rings is 1. The molecule has 2 fully saturated rings. The second kappa shape index (κ2) is 12.7. The summed E-state index contributed by atoms with van der Waals surface area (Å²) in [6, 6.07) is 9.56. The van der Waals surface area contributed by atoms with Crippen molar-refractivity contribution in [2.45, 2.75) is 36.2 Å². The summed E-state index contributed by atoms with van der Waals surface area (Å²) in [4.78, 5) is 14.6. The van der Waals surface area contributed by atoms with E-state index >= 15 is 0 Å². The first-order chi connectivity index (χ1) is 20.4. The molecule has 4 heterocycles. The standard InChI is InChI=1S/C30H33F4N5O3Se/c1-29(17-42-18-29)37-27(40)19-8-9-24(26(15-19)41-3)35-11-4-6-20-14-25-23(36-22-10-13-38(2)16-21(22)31)7-5-12-39(25)28(20)43-30(32,33)34/h5,7-9,12,14-15,21-22,35-36H,10-11,13,16-18H2,1-3H3,(H,37,40). The van der Waals surface area contributed by atoms with E-state index in [1.165, 1.54) is 11.5 Å². The van der Waals surface area contributed by atoms with E-state index in [0.29, 0.717) is 54.4 Å². The average molecular weight is 667 g/mol. The van der Waals surface area contributed by atoms with Gasteiger partial charge in [-0.15, -0.1) is 0 Å². The molecule has 3 N–H and O–H groups in total. The second-order valence-electron chi connectivity index (χ2n) is 11.0. The normalized spacial score (nSPS) is 20.1. The molecule has 0 spiro atoms. The van der Waals surface area contributed by atoms with E-state index in [-0.39, 0.29) is 22.6 Å². The number of pyridine rings is 1. The number of carbonyl (C=O) groups excluding carboxylic acids is 1. The van der Waals surface area contributed by atoms with Crippen LogP contribution in [0.15, 0.2) is 42.6 Å². The van der Waals surface area contributed by atoms with Crippen molar-refractivity contribution < 1.29 is 31.8 Å². The number of anilines is 2. The molecule has 2 atom stereocenters. The maximum atomic E-state index is 14.7. The number of likely N-dealkylation sites (tertiary alicyclic amines) is 1. The molecular formula is C30H33F4N5O3Se. The van der Waals surface area contributed by atoms with Crippen molar-refractivity contribution in [2.24, 2.45) is 0 Å². The molecule has 2 aliphatic rings. The number of fused-ring (bicyclic) bond motifs is 1. The summed E-state index contributed by atoms with van der Waals surface area (Å²) in [5.74, 6) is 6.00. The molecule has 0 radical (unpaired) electrons. The fourth-order valence-electron chi connectivity index (χ4n) is 5.10. The Hall–Kier alpha value is -3.43. The summed E-state index contributed by atoms with van der Waals surface area (Å²) < 4.78 is 67.8. The molecule has 13 heteroatoms. The van der Waals surface area contributed by atoms with E-state index in [9.17, 15) is 22.4 Å². The van der Waals surface area contributed by atoms with Crippen LogP contribution in [0.4, 0.5) is 28.9 Å². The van der Waals surface area contributed by atoms with Crippen molar-refractivity contribution in [1.82, 2.24) is 14.6 Å². The quantitative estimate of drug-likeness (QED) is 0.195. The van der Waals surface area contributed by atoms with Crippen molar-refractivity contribution >= 4 is 42.3 Å². The SMILES string of the molecule is COc1cc(C(=O)NC2(C)COC2)ccc1NCC#Cc1cc2c(NC3CCN(C)CC3F)cccn2c1[Se]C(F)(F)F. The van der Waals surface area contributed by atoms with E-state index in [0.717, 1.165) is 6.54 Å². The Labute approximate surface area is 253 Å². The van der Waals surface area contributed by atoms with Gasteiger partial charge in [0.25, 0.3) is 0 Å². The third-order valence-electron chi connectivity index (χ3n) is 7.37. The van der Waals surface area contributed by atoms with Crippen LogP contribution in [0.3, 0.4) is 0 Å². The van der Waals surface area contributed by atoms with Crippen LogP contribution in [-0.2, 0) is 4.74 Å². The summed E-state index contributed by atoms with van der Waals surface area (Å²) in [7, 11) is 3.34. The molecule has 2 aromatic heterocycles. The summed E-state index contributed by atoms with van der Waals surface area (Å²) in [5.41, 5.74) is 1.96. The molecule has 43 heavy (non-hydrogen) atoms. The number of aromatic nitrogens is 1. The number of hydrogen-bond donors (Lipinski definition) is 3. The molecule has 2 saturated heterocycles. The molecule has 0 aliphatic carbocycles. The first-order valence-electron chi connectivity index (χ1n) is 13.7. The third-order valence-corrected chi connectivity index (χ3v) is 9.14. The molecule has 3 aromatic rings. The van der Waals surface area contributed by atoms with E-state index < -0.39 is 37.8 Å². The van der Waals surface area contributed by atoms with Gasteiger partial charge in [0.05, 0.1) is 18.8 Å². The van der Waals surface area contributed by atoms with Crippen LogP contribution in [-0.4, -0.2) is 100.0 Å². The van der Waals surface area contributed by atoms with Gasteiger partial charge in [-0.2, -0.15) is 0 Å². The van der Waals surface area contributed by atoms with Crippen LogP contribution in [0, 0.1) is 11.8 Å². The van der Waals surface area contributed by atoms with Crippen molar-refractivity contribution in [2.75, 3.05) is 57.6 Å². The van der Waals surface area contributed by atoms with Crippen LogP contribution in [0.5, 0.6) is 5.75 Å². The number of nitrogens with zero attached hydrogens (tertiary/aromatic N) is 2. The number of ether oxygens (including phenoxy) is 2. The van der Waals surface area contributed by atoms with Gasteiger partial charge in [0.2, 0.25) is 0 Å². The number of alkyl halides is 4. The van der Waals surface area contributed by atoms with Gasteiger partial charge in [-0.1, -0.05) is 0 Å². The number of carbonyl (C=O) groups is 1. The van der Waals surface area contributed by atoms with Crippen LogP contribution in [0.1, 0.15) is 29.3 Å². The first kappa shape index (κ1) is 31.0. The number of rotatable bonds is 8. The van der Waals surface area contributed by atoms with E-state index in [1.807, 2.05) is 18.9 Å². The minimum atomic E-state index is -4.39. The zero-order valence-electron chi connectivity index (χ0n) is 24.0. The van der Waals surface area contributed by atoms with Crippen LogP contribution < -0.4 is 25.3 Å².